The van der Waals surface area contributed by atoms with Crippen LogP contribution in [0, 0.1) is 23.7 Å². The second-order valence-corrected chi connectivity index (χ2v) is 25.1. The van der Waals surface area contributed by atoms with Gasteiger partial charge in [-0.05, 0) is 106 Å². The van der Waals surface area contributed by atoms with E-state index in [0.29, 0.717) is 42.2 Å². The first-order valence-corrected chi connectivity index (χ1v) is 30.1. The SMILES string of the molecule is CC[C@H]1OC(=O)C(C)[C@@H](OC2C[C@@](C)(OC)[C@@H](OCCCNC(=O)CCOCCNc3cc4c(=O)c(C(=O)O)cn(C5CC5)c4cc3Cl)[C@H](C)O2)[C@H](C)[C@@H](O[C@@H]2O[C@H](C)C[C@H](N(C)C)[C@H]2O)[C@](C)(OC)C[C@@H](C)C(=O)[C@H](C)[C@H]2NC(=O)O[C@@]21C. The van der Waals surface area contributed by atoms with Crippen molar-refractivity contribution in [3.8, 4) is 0 Å². The number of pyridine rings is 1. The third-order valence-electron chi connectivity index (χ3n) is 18.1. The number of carbonyl (C=O) groups is 5. The Bertz CT molecular complexity index is 2710. The van der Waals surface area contributed by atoms with Crippen LogP contribution in [0.5, 0.6) is 0 Å². The number of aliphatic hydroxyl groups excluding tert-OH is 1. The Morgan fingerprint density at radius 3 is 2.24 bits per heavy atom. The van der Waals surface area contributed by atoms with Crippen LogP contribution in [-0.4, -0.2) is 195 Å². The van der Waals surface area contributed by atoms with E-state index in [0.717, 1.165) is 12.8 Å². The molecule has 5 fully saturated rings. The number of methoxy groups -OCH3 is 2. The number of aromatic nitrogens is 1. The van der Waals surface area contributed by atoms with Gasteiger partial charge in [0.1, 0.15) is 29.7 Å². The first-order chi connectivity index (χ1) is 39.6. The molecule has 1 aromatic carbocycles. The summed E-state index contributed by atoms with van der Waals surface area (Å²) in [6.07, 6.45) is -3.60. The van der Waals surface area contributed by atoms with Crippen LogP contribution in [0.15, 0.2) is 23.1 Å². The van der Waals surface area contributed by atoms with Gasteiger partial charge in [-0.3, -0.25) is 19.2 Å². The second-order valence-electron chi connectivity index (χ2n) is 24.7. The molecule has 0 radical (unpaired) electrons. The van der Waals surface area contributed by atoms with E-state index >= 15 is 0 Å². The number of Topliss-reactive ketones (excluding diaryl/α,β-unsaturated/α-hetero) is 1. The van der Waals surface area contributed by atoms with Gasteiger partial charge in [-0.25, -0.2) is 9.59 Å². The van der Waals surface area contributed by atoms with Gasteiger partial charge in [0.25, 0.3) is 0 Å². The summed E-state index contributed by atoms with van der Waals surface area (Å²) in [4.78, 5) is 82.1. The normalized spacial score (nSPS) is 36.1. The number of cyclic esters (lactones) is 1. The van der Waals surface area contributed by atoms with Crippen molar-refractivity contribution in [3.05, 3.63) is 39.1 Å². The molecule has 472 valence electrons. The number of anilines is 1. The molecule has 5 N–H and O–H groups in total. The van der Waals surface area contributed by atoms with Crippen molar-refractivity contribution in [1.82, 2.24) is 20.1 Å². The molecule has 84 heavy (non-hydrogen) atoms. The Kier molecular flexibility index (Phi) is 22.4. The molecule has 5 heterocycles. The number of fused-ring (bicyclic) bond motifs is 2. The summed E-state index contributed by atoms with van der Waals surface area (Å²) in [5.74, 6) is -5.52. The summed E-state index contributed by atoms with van der Waals surface area (Å²) < 4.78 is 65.9. The third kappa shape index (κ3) is 14.9. The van der Waals surface area contributed by atoms with Crippen LogP contribution in [-0.2, 0) is 61.8 Å². The van der Waals surface area contributed by atoms with Gasteiger partial charge in [-0.2, -0.15) is 0 Å². The molecule has 0 spiro atoms. The summed E-state index contributed by atoms with van der Waals surface area (Å²) in [6, 6.07) is 2.21. The molecule has 23 nitrogen and oxygen atoms in total. The lowest BCUT2D eigenvalue weighted by Crippen LogP contribution is -2.61. The van der Waals surface area contributed by atoms with Crippen LogP contribution >= 0.6 is 11.6 Å². The lowest BCUT2D eigenvalue weighted by atomic mass is 9.73. The second kappa shape index (κ2) is 28.1. The number of likely N-dealkylation sites (N-methyl/N-ethyl adjacent to an activating group) is 1. The zero-order chi connectivity index (χ0) is 61.7. The standard InChI is InChI=1S/C60H92ClN5O18/c1-15-44-60(10)51(64-57(74)84-60)33(4)47(68)31(2)28-58(8,75-13)52(83-56-49(70)43(65(11)12)25-32(3)79-56)34(5)50(35(6)55(73)81-44)82-46-29-59(9,76-14)53(36(7)80-46)78-22-16-20-63-45(67)19-23-77-24-21-62-41-26-38-42(27-40(41)61)66(37-17-18-37)30-39(48(38)69)54(71)72/h26-27,30-37,43-44,46,49-53,56,62,70H,15-25,28-29H2,1-14H3,(H,63,67)(H,64,74)(H,71,72)/t31-,32-,33+,34+,35?,36+,43+,44-,46?,49-,50+,51-,52-,53+,56+,58-,59-,60-/m1/s1. The number of hydrogen-bond donors (Lipinski definition) is 5. The highest BCUT2D eigenvalue weighted by molar-refractivity contribution is 6.34. The fourth-order valence-electron chi connectivity index (χ4n) is 13.1. The van der Waals surface area contributed by atoms with E-state index in [1.54, 1.807) is 40.0 Å². The van der Waals surface area contributed by atoms with E-state index in [9.17, 15) is 39.0 Å². The number of carboxylic acids is 1. The molecule has 2 aromatic rings. The van der Waals surface area contributed by atoms with Crippen LogP contribution in [0.4, 0.5) is 10.5 Å². The minimum Gasteiger partial charge on any atom is -0.477 e. The highest BCUT2D eigenvalue weighted by atomic mass is 35.5. The van der Waals surface area contributed by atoms with Crippen molar-refractivity contribution in [1.29, 1.82) is 0 Å². The summed E-state index contributed by atoms with van der Waals surface area (Å²) in [5.41, 5.74) is -3.50. The van der Waals surface area contributed by atoms with Crippen molar-refractivity contribution in [2.75, 3.05) is 66.5 Å². The summed E-state index contributed by atoms with van der Waals surface area (Å²) >= 11 is 6.59. The number of esters is 1. The Hall–Kier alpha value is -4.53. The van der Waals surface area contributed by atoms with Crippen molar-refractivity contribution < 1.29 is 81.6 Å². The average molecular weight is 1210 g/mol. The fraction of sp³-hybridized carbons (Fsp3) is 0.767. The van der Waals surface area contributed by atoms with E-state index in [1.165, 1.54) is 13.3 Å². The number of ether oxygens (including phenoxy) is 10. The number of amides is 2. The molecule has 2 unspecified atom stereocenters. The quantitative estimate of drug-likeness (QED) is 0.0644. The maximum Gasteiger partial charge on any atom is 0.408 e. The van der Waals surface area contributed by atoms with Gasteiger partial charge in [0.05, 0.1) is 77.0 Å². The van der Waals surface area contributed by atoms with E-state index in [4.69, 9.17) is 59.0 Å². The maximum atomic E-state index is 14.8. The van der Waals surface area contributed by atoms with Gasteiger partial charge in [-0.15, -0.1) is 0 Å². The van der Waals surface area contributed by atoms with Crippen molar-refractivity contribution in [2.24, 2.45) is 23.7 Å². The molecule has 1 aliphatic carbocycles. The Morgan fingerprint density at radius 2 is 1.60 bits per heavy atom. The van der Waals surface area contributed by atoms with E-state index in [-0.39, 0.29) is 86.3 Å². The zero-order valence-corrected chi connectivity index (χ0v) is 52.1. The largest absolute Gasteiger partial charge is 0.477 e. The number of nitrogens with one attached hydrogen (secondary N) is 3. The molecule has 2 amide bonds. The predicted molar refractivity (Wildman–Crippen MR) is 310 cm³/mol. The number of hydrogen-bond acceptors (Lipinski definition) is 19. The van der Waals surface area contributed by atoms with E-state index < -0.39 is 119 Å². The number of rotatable bonds is 22. The van der Waals surface area contributed by atoms with Crippen molar-refractivity contribution in [2.45, 2.75) is 211 Å². The number of carboxylic acid groups (broad SMARTS) is 1. The van der Waals surface area contributed by atoms with E-state index in [2.05, 4.69) is 16.0 Å². The van der Waals surface area contributed by atoms with Gasteiger partial charge in [0.2, 0.25) is 11.3 Å². The number of aliphatic hydroxyl groups is 1. The molecule has 1 saturated carbocycles. The molecule has 24 heteroatoms. The van der Waals surface area contributed by atoms with Crippen LogP contribution in [0.2, 0.25) is 5.02 Å². The number of nitrogens with zero attached hydrogens (tertiary/aromatic N) is 2. The fourth-order valence-corrected chi connectivity index (χ4v) is 13.3. The van der Waals surface area contributed by atoms with Gasteiger partial charge < -0.3 is 83.0 Å². The molecular weight excluding hydrogens is 1110 g/mol. The Balaban J connectivity index is 0.988. The molecular formula is C60H92ClN5O18. The summed E-state index contributed by atoms with van der Waals surface area (Å²) in [5, 5.41) is 31.1. The van der Waals surface area contributed by atoms with Crippen LogP contribution in [0.1, 0.15) is 137 Å². The first-order valence-electron chi connectivity index (χ1n) is 29.7. The summed E-state index contributed by atoms with van der Waals surface area (Å²) in [7, 11) is 6.88. The highest BCUT2D eigenvalue weighted by Crippen LogP contribution is 2.44. The number of carbonyl (C=O) groups excluding carboxylic acids is 4. The van der Waals surface area contributed by atoms with Gasteiger partial charge >= 0.3 is 18.0 Å². The maximum absolute atomic E-state index is 14.8. The minimum absolute atomic E-state index is 0.108. The molecule has 0 bridgehead atoms. The minimum atomic E-state index is -1.41. The number of ketones is 1. The van der Waals surface area contributed by atoms with Gasteiger partial charge in [0, 0.05) is 88.2 Å². The predicted octanol–water partition coefficient (Wildman–Crippen LogP) is 6.25. The molecule has 7 rings (SSSR count). The molecule has 5 aliphatic rings. The van der Waals surface area contributed by atoms with Crippen LogP contribution < -0.4 is 21.4 Å². The Morgan fingerprint density at radius 1 is 0.905 bits per heavy atom. The van der Waals surface area contributed by atoms with Crippen molar-refractivity contribution >= 4 is 57.9 Å². The average Bonchev–Trinajstić information content (AvgIpc) is 1.96. The highest BCUT2D eigenvalue weighted by Gasteiger charge is 2.58. The smallest absolute Gasteiger partial charge is 0.408 e. The zero-order valence-electron chi connectivity index (χ0n) is 51.4. The number of aromatic carboxylic acids is 1. The molecule has 18 atom stereocenters. The van der Waals surface area contributed by atoms with Gasteiger partial charge in [0.15, 0.2) is 18.2 Å². The number of benzene rings is 1. The first kappa shape index (κ1) is 67.0. The summed E-state index contributed by atoms with van der Waals surface area (Å²) in [6.45, 7) is 19.4. The van der Waals surface area contributed by atoms with Crippen molar-refractivity contribution in [3.63, 3.8) is 0 Å². The lowest BCUT2D eigenvalue weighted by molar-refractivity contribution is -0.322. The van der Waals surface area contributed by atoms with Crippen LogP contribution in [0.3, 0.4) is 0 Å². The van der Waals surface area contributed by atoms with E-state index in [1.807, 2.05) is 72.0 Å². The molecule has 4 saturated heterocycles. The topological polar surface area (TPSA) is 279 Å². The lowest BCUT2D eigenvalue weighted by Gasteiger charge is -2.50. The molecule has 4 aliphatic heterocycles. The Labute approximate surface area is 498 Å². The number of halogens is 1. The number of alkyl carbamates (subject to hydrolysis) is 1. The molecule has 1 aromatic heterocycles. The third-order valence-corrected chi connectivity index (χ3v) is 18.4. The van der Waals surface area contributed by atoms with Crippen LogP contribution in [0.25, 0.3) is 10.9 Å². The monoisotopic (exact) mass is 1210 g/mol. The van der Waals surface area contributed by atoms with Gasteiger partial charge in [-0.1, -0.05) is 39.3 Å².